The second-order valence-electron chi connectivity index (χ2n) is 14.8. The summed E-state index contributed by atoms with van der Waals surface area (Å²) in [5, 5.41) is 19.1. The van der Waals surface area contributed by atoms with Crippen LogP contribution in [0.5, 0.6) is 0 Å². The summed E-state index contributed by atoms with van der Waals surface area (Å²) < 4.78 is 0. The molecule has 0 unspecified atom stereocenters. The van der Waals surface area contributed by atoms with Gasteiger partial charge in [0, 0.05) is 38.9 Å². The van der Waals surface area contributed by atoms with Gasteiger partial charge in [0.05, 0.1) is 28.2 Å². The van der Waals surface area contributed by atoms with Gasteiger partial charge in [-0.05, 0) is 60.3 Å². The summed E-state index contributed by atoms with van der Waals surface area (Å²) in [6.07, 6.45) is 1.85. The van der Waals surface area contributed by atoms with E-state index < -0.39 is 41.5 Å². The highest BCUT2D eigenvalue weighted by atomic mass is 32.1. The number of aromatic nitrogens is 1. The number of benzene rings is 2. The van der Waals surface area contributed by atoms with Crippen molar-refractivity contribution in [1.29, 1.82) is 0 Å². The third-order valence-electron chi connectivity index (χ3n) is 9.36. The number of unbranched alkanes of at least 4 members (excludes halogenated alkanes) is 1. The number of rotatable bonds is 17. The first-order valence-corrected chi connectivity index (χ1v) is 18.9. The zero-order valence-corrected chi connectivity index (χ0v) is 31.8. The van der Waals surface area contributed by atoms with Crippen molar-refractivity contribution in [3.8, 4) is 10.4 Å². The summed E-state index contributed by atoms with van der Waals surface area (Å²) in [7, 11) is 0. The fourth-order valence-corrected chi connectivity index (χ4v) is 7.01. The van der Waals surface area contributed by atoms with Crippen molar-refractivity contribution in [3.05, 3.63) is 76.4 Å². The number of carbonyl (C=O) groups is 5. The molecule has 3 aromatic rings. The molecule has 0 bridgehead atoms. The number of aryl methyl sites for hydroxylation is 2. The molecule has 0 radical (unpaired) electrons. The van der Waals surface area contributed by atoms with Gasteiger partial charge in [-0.2, -0.15) is 0 Å². The lowest BCUT2D eigenvalue weighted by Gasteiger charge is -2.35. The molecule has 14 heteroatoms. The summed E-state index contributed by atoms with van der Waals surface area (Å²) in [6.45, 7) is 8.15. The van der Waals surface area contributed by atoms with Crippen molar-refractivity contribution in [1.82, 2.24) is 25.8 Å². The lowest BCUT2D eigenvalue weighted by molar-refractivity contribution is -0.144. The van der Waals surface area contributed by atoms with Crippen molar-refractivity contribution in [2.45, 2.75) is 110 Å². The number of primary amides is 1. The quantitative estimate of drug-likeness (QED) is 0.113. The number of amides is 5. The molecule has 5 amide bonds. The van der Waals surface area contributed by atoms with Gasteiger partial charge in [0.1, 0.15) is 12.1 Å². The van der Waals surface area contributed by atoms with Crippen LogP contribution in [-0.2, 0) is 43.5 Å². The van der Waals surface area contributed by atoms with E-state index in [4.69, 9.17) is 11.5 Å². The van der Waals surface area contributed by atoms with Crippen LogP contribution in [0.2, 0.25) is 0 Å². The highest BCUT2D eigenvalue weighted by Crippen LogP contribution is 2.28. The summed E-state index contributed by atoms with van der Waals surface area (Å²) in [5.41, 5.74) is 17.0. The maximum Gasteiger partial charge on any atom is 0.246 e. The second-order valence-corrected chi connectivity index (χ2v) is 15.7. The molecule has 13 nitrogen and oxygen atoms in total. The monoisotopic (exact) mass is 747 g/mol. The molecular formula is C39H53N7O6S. The van der Waals surface area contributed by atoms with Crippen LogP contribution in [-0.4, -0.2) is 75.3 Å². The molecule has 2 heterocycles. The molecule has 1 fully saturated rings. The van der Waals surface area contributed by atoms with Gasteiger partial charge in [-0.3, -0.25) is 24.0 Å². The second kappa shape index (κ2) is 18.9. The number of carbonyl (C=O) groups excluding carboxylic acids is 5. The molecule has 8 N–H and O–H groups in total. The smallest absolute Gasteiger partial charge is 0.246 e. The Balaban J connectivity index is 1.23. The molecule has 53 heavy (non-hydrogen) atoms. The molecule has 0 aliphatic carbocycles. The van der Waals surface area contributed by atoms with E-state index in [1.807, 2.05) is 81.7 Å². The lowest BCUT2D eigenvalue weighted by atomic mass is 9.85. The molecule has 1 aromatic heterocycles. The Labute approximate surface area is 315 Å². The van der Waals surface area contributed by atoms with Crippen LogP contribution < -0.4 is 27.4 Å². The number of likely N-dealkylation sites (tertiary alicyclic amines) is 1. The van der Waals surface area contributed by atoms with E-state index in [0.29, 0.717) is 13.0 Å². The molecule has 1 aliphatic heterocycles. The first-order valence-electron chi connectivity index (χ1n) is 18.1. The van der Waals surface area contributed by atoms with Gasteiger partial charge in [-0.15, -0.1) is 11.3 Å². The van der Waals surface area contributed by atoms with Crippen LogP contribution in [0.25, 0.3) is 10.4 Å². The average molecular weight is 748 g/mol. The molecule has 286 valence electrons. The van der Waals surface area contributed by atoms with Gasteiger partial charge in [0.25, 0.3) is 0 Å². The predicted molar refractivity (Wildman–Crippen MR) is 204 cm³/mol. The summed E-state index contributed by atoms with van der Waals surface area (Å²) in [4.78, 5) is 70.3. The zero-order valence-electron chi connectivity index (χ0n) is 31.0. The number of thiazole rings is 1. The maximum atomic E-state index is 13.9. The number of nitrogens with two attached hydrogens (primary N) is 2. The Morgan fingerprint density at radius 2 is 1.57 bits per heavy atom. The van der Waals surface area contributed by atoms with Crippen molar-refractivity contribution < 1.29 is 29.1 Å². The molecular weight excluding hydrogens is 695 g/mol. The van der Waals surface area contributed by atoms with Gasteiger partial charge in [-0.1, -0.05) is 69.3 Å². The van der Waals surface area contributed by atoms with Crippen molar-refractivity contribution in [2.75, 3.05) is 6.54 Å². The number of β-amino-alcohol motifs (C(OH)–C–C–N with tert-alkyl or cyclic N) is 1. The third kappa shape index (κ3) is 12.2. The van der Waals surface area contributed by atoms with Crippen molar-refractivity contribution >= 4 is 40.9 Å². The van der Waals surface area contributed by atoms with E-state index in [0.717, 1.165) is 45.7 Å². The number of aliphatic hydroxyl groups is 1. The van der Waals surface area contributed by atoms with Crippen LogP contribution in [0.4, 0.5) is 0 Å². The number of hydrogen-bond acceptors (Lipinski definition) is 9. The Morgan fingerprint density at radius 3 is 2.17 bits per heavy atom. The normalized spacial score (nSPS) is 16.8. The minimum Gasteiger partial charge on any atom is -0.391 e. The third-order valence-corrected chi connectivity index (χ3v) is 10.3. The van der Waals surface area contributed by atoms with Crippen molar-refractivity contribution in [3.63, 3.8) is 0 Å². The Hall–Kier alpha value is -4.66. The Morgan fingerprint density at radius 1 is 0.943 bits per heavy atom. The van der Waals surface area contributed by atoms with Gasteiger partial charge < -0.3 is 37.4 Å². The molecule has 4 atom stereocenters. The zero-order chi connectivity index (χ0) is 38.7. The average Bonchev–Trinajstić information content (AvgIpc) is 3.74. The van der Waals surface area contributed by atoms with Gasteiger partial charge in [0.2, 0.25) is 29.5 Å². The standard InChI is InChI=1S/C39H53N7O6S/c1-24-34(53-23-44-24)28-15-13-27(14-16-28)21-43-37(51)31-19-29(47)22-46(31)38(52)35(39(2,3)4)45-33(49)8-6-5-7-25-9-11-26(12-10-25)20-42-36(50)30(40)17-18-32(41)48/h9-16,23,29-31,35,47H,5-8,17-22,40H2,1-4H3,(H2,41,48)(H,42,50)(H,43,51)(H,45,49)/t29-,30+,31+,35-/m1/s1. The van der Waals surface area contributed by atoms with Crippen LogP contribution in [0.3, 0.4) is 0 Å². The Bertz CT molecular complexity index is 1720. The van der Waals surface area contributed by atoms with E-state index in [9.17, 15) is 29.1 Å². The molecule has 0 spiro atoms. The highest BCUT2D eigenvalue weighted by molar-refractivity contribution is 7.13. The first kappa shape index (κ1) is 41.1. The maximum absolute atomic E-state index is 13.9. The molecule has 1 saturated heterocycles. The number of aliphatic hydroxyl groups excluding tert-OH is 1. The van der Waals surface area contributed by atoms with Crippen LogP contribution in [0, 0.1) is 12.3 Å². The van der Waals surface area contributed by atoms with Gasteiger partial charge in [0.15, 0.2) is 0 Å². The molecule has 1 aliphatic rings. The fourth-order valence-electron chi connectivity index (χ4n) is 6.20. The molecule has 4 rings (SSSR count). The SMILES string of the molecule is Cc1ncsc1-c1ccc(CNC(=O)[C@@H]2C[C@@H](O)CN2C(=O)[C@@H](NC(=O)CCCCc2ccc(CNC(=O)[C@@H](N)CCC(N)=O)cc2)C(C)(C)C)cc1. The lowest BCUT2D eigenvalue weighted by Crippen LogP contribution is -2.57. The van der Waals surface area contributed by atoms with Crippen LogP contribution in [0.1, 0.15) is 81.7 Å². The largest absolute Gasteiger partial charge is 0.391 e. The number of nitrogens with one attached hydrogen (secondary N) is 3. The molecule has 0 saturated carbocycles. The Kier molecular flexibility index (Phi) is 14.7. The first-order chi connectivity index (χ1) is 25.1. The molecule has 2 aromatic carbocycles. The topological polar surface area (TPSA) is 210 Å². The minimum atomic E-state index is -0.885. The van der Waals surface area contributed by atoms with E-state index in [-0.39, 0.29) is 56.5 Å². The van der Waals surface area contributed by atoms with E-state index >= 15 is 0 Å². The van der Waals surface area contributed by atoms with E-state index in [1.54, 1.807) is 11.3 Å². The van der Waals surface area contributed by atoms with E-state index in [1.165, 1.54) is 4.90 Å². The number of hydrogen-bond donors (Lipinski definition) is 6. The fraction of sp³-hybridized carbons (Fsp3) is 0.487. The van der Waals surface area contributed by atoms with Crippen LogP contribution in [0.15, 0.2) is 54.0 Å². The van der Waals surface area contributed by atoms with E-state index in [2.05, 4.69) is 20.9 Å². The van der Waals surface area contributed by atoms with Gasteiger partial charge >= 0.3 is 0 Å². The number of nitrogens with zero attached hydrogens (tertiary/aromatic N) is 2. The predicted octanol–water partition coefficient (Wildman–Crippen LogP) is 2.85. The van der Waals surface area contributed by atoms with Crippen LogP contribution >= 0.6 is 11.3 Å². The van der Waals surface area contributed by atoms with Gasteiger partial charge in [-0.25, -0.2) is 4.98 Å². The summed E-state index contributed by atoms with van der Waals surface area (Å²) >= 11 is 1.57. The summed E-state index contributed by atoms with van der Waals surface area (Å²) in [6, 6.07) is 13.1. The minimum absolute atomic E-state index is 0.0118. The summed E-state index contributed by atoms with van der Waals surface area (Å²) in [5.74, 6) is -1.84. The van der Waals surface area contributed by atoms with Crippen molar-refractivity contribution in [2.24, 2.45) is 16.9 Å². The highest BCUT2D eigenvalue weighted by Gasteiger charge is 2.44.